The number of nitrogens with one attached hydrogen (secondary N) is 2. The van der Waals surface area contributed by atoms with E-state index < -0.39 is 0 Å². The monoisotopic (exact) mass is 403 g/mol. The first kappa shape index (κ1) is 20.7. The third-order valence-electron chi connectivity index (χ3n) is 4.97. The third kappa shape index (κ3) is 6.01. The van der Waals surface area contributed by atoms with Gasteiger partial charge < -0.3 is 10.6 Å². The van der Waals surface area contributed by atoms with Crippen molar-refractivity contribution in [3.63, 3.8) is 0 Å². The highest BCUT2D eigenvalue weighted by molar-refractivity contribution is 7.11. The largest absolute Gasteiger partial charge is 0.357 e. The van der Waals surface area contributed by atoms with Crippen LogP contribution < -0.4 is 10.6 Å². The molecule has 0 aliphatic carbocycles. The quantitative estimate of drug-likeness (QED) is 0.571. The zero-order chi connectivity index (χ0) is 19.9. The van der Waals surface area contributed by atoms with Crippen molar-refractivity contribution >= 4 is 17.3 Å². The number of aromatic nitrogens is 1. The van der Waals surface area contributed by atoms with Gasteiger partial charge in [0.1, 0.15) is 5.82 Å². The highest BCUT2D eigenvalue weighted by Gasteiger charge is 2.20. The van der Waals surface area contributed by atoms with Gasteiger partial charge in [0.05, 0.1) is 17.2 Å². The Bertz CT molecular complexity index is 779. The van der Waals surface area contributed by atoms with E-state index in [0.717, 1.165) is 61.2 Å². The number of hydrogen-bond acceptors (Lipinski definition) is 4. The third-order valence-corrected chi connectivity index (χ3v) is 6.03. The fourth-order valence-electron chi connectivity index (χ4n) is 3.47. The highest BCUT2D eigenvalue weighted by atomic mass is 32.1. The Balaban J connectivity index is 1.50. The van der Waals surface area contributed by atoms with Crippen molar-refractivity contribution in [2.24, 2.45) is 4.99 Å². The topological polar surface area (TPSA) is 52.6 Å². The fraction of sp³-hybridized carbons (Fsp3) is 0.524. The molecule has 1 aliphatic heterocycles. The predicted octanol–water partition coefficient (Wildman–Crippen LogP) is 3.62. The molecule has 2 aromatic rings. The van der Waals surface area contributed by atoms with Gasteiger partial charge >= 0.3 is 0 Å². The van der Waals surface area contributed by atoms with Crippen LogP contribution in [0.25, 0.3) is 0 Å². The summed E-state index contributed by atoms with van der Waals surface area (Å²) in [6.07, 6.45) is 2.15. The van der Waals surface area contributed by atoms with Crippen molar-refractivity contribution in [2.75, 3.05) is 19.6 Å². The summed E-state index contributed by atoms with van der Waals surface area (Å²) < 4.78 is 13.1. The first-order valence-corrected chi connectivity index (χ1v) is 10.8. The van der Waals surface area contributed by atoms with E-state index >= 15 is 0 Å². The molecule has 1 aliphatic rings. The molecule has 1 aromatic heterocycles. The second-order valence-electron chi connectivity index (χ2n) is 7.26. The van der Waals surface area contributed by atoms with Crippen molar-refractivity contribution in [3.05, 3.63) is 51.2 Å². The van der Waals surface area contributed by atoms with Gasteiger partial charge in [-0.3, -0.25) is 4.90 Å². The van der Waals surface area contributed by atoms with Crippen LogP contribution in [0.3, 0.4) is 0 Å². The number of hydrogen-bond donors (Lipinski definition) is 2. The summed E-state index contributed by atoms with van der Waals surface area (Å²) in [4.78, 5) is 12.9. The second kappa shape index (κ2) is 9.98. The van der Waals surface area contributed by atoms with Crippen molar-refractivity contribution < 1.29 is 4.39 Å². The molecule has 0 radical (unpaired) electrons. The number of guanidine groups is 1. The number of benzene rings is 1. The smallest absolute Gasteiger partial charge is 0.191 e. The molecule has 0 unspecified atom stereocenters. The van der Waals surface area contributed by atoms with Gasteiger partial charge in [0.2, 0.25) is 0 Å². The number of nitrogens with zero attached hydrogens (tertiary/aromatic N) is 3. The Kier molecular flexibility index (Phi) is 7.39. The van der Waals surface area contributed by atoms with Crippen LogP contribution in [-0.2, 0) is 13.1 Å². The maximum absolute atomic E-state index is 13.1. The van der Waals surface area contributed by atoms with Crippen LogP contribution in [-0.4, -0.2) is 41.5 Å². The van der Waals surface area contributed by atoms with Crippen molar-refractivity contribution in [2.45, 2.75) is 52.7 Å². The number of aryl methyl sites for hydroxylation is 2. The first-order chi connectivity index (χ1) is 13.5. The maximum atomic E-state index is 13.1. The Morgan fingerprint density at radius 2 is 1.96 bits per heavy atom. The zero-order valence-electron chi connectivity index (χ0n) is 17.0. The van der Waals surface area contributed by atoms with E-state index in [1.165, 1.54) is 17.0 Å². The average molecular weight is 404 g/mol. The van der Waals surface area contributed by atoms with E-state index in [-0.39, 0.29) is 5.82 Å². The molecule has 28 heavy (non-hydrogen) atoms. The average Bonchev–Trinajstić information content (AvgIpc) is 3.00. The van der Waals surface area contributed by atoms with E-state index in [0.29, 0.717) is 12.6 Å². The Hall–Kier alpha value is -1.99. The van der Waals surface area contributed by atoms with Gasteiger partial charge in [0, 0.05) is 37.1 Å². The molecule has 1 saturated heterocycles. The molecule has 7 heteroatoms. The van der Waals surface area contributed by atoms with Gasteiger partial charge in [0.15, 0.2) is 5.96 Å². The lowest BCUT2D eigenvalue weighted by Gasteiger charge is -2.33. The summed E-state index contributed by atoms with van der Waals surface area (Å²) in [5.41, 5.74) is 2.24. The van der Waals surface area contributed by atoms with Gasteiger partial charge in [-0.1, -0.05) is 12.1 Å². The summed E-state index contributed by atoms with van der Waals surface area (Å²) >= 11 is 1.72. The Morgan fingerprint density at radius 3 is 2.57 bits per heavy atom. The lowest BCUT2D eigenvalue weighted by Crippen LogP contribution is -2.48. The molecule has 1 fully saturated rings. The molecule has 0 amide bonds. The normalized spacial score (nSPS) is 16.4. The van der Waals surface area contributed by atoms with Crippen LogP contribution in [0.1, 0.15) is 40.9 Å². The molecule has 5 nitrogen and oxygen atoms in total. The fourth-order valence-corrected chi connectivity index (χ4v) is 4.33. The summed E-state index contributed by atoms with van der Waals surface area (Å²) in [6, 6.07) is 7.24. The van der Waals surface area contributed by atoms with Gasteiger partial charge in [0.25, 0.3) is 0 Å². The van der Waals surface area contributed by atoms with E-state index in [1.54, 1.807) is 11.3 Å². The van der Waals surface area contributed by atoms with E-state index in [2.05, 4.69) is 27.4 Å². The standard InChI is InChI=1S/C21H30FN5S/c1-4-23-21(24-13-20-15(2)25-16(3)28-20)26-19-9-11-27(12-10-19)14-17-5-7-18(22)8-6-17/h5-8,19H,4,9-14H2,1-3H3,(H2,23,24,26). The lowest BCUT2D eigenvalue weighted by atomic mass is 10.0. The molecule has 0 spiro atoms. The Morgan fingerprint density at radius 1 is 1.25 bits per heavy atom. The van der Waals surface area contributed by atoms with E-state index in [1.807, 2.05) is 26.0 Å². The zero-order valence-corrected chi connectivity index (χ0v) is 17.8. The SMILES string of the molecule is CCNC(=NCc1sc(C)nc1C)NC1CCN(Cc2ccc(F)cc2)CC1. The first-order valence-electron chi connectivity index (χ1n) is 9.98. The molecule has 3 rings (SSSR count). The second-order valence-corrected chi connectivity index (χ2v) is 8.55. The molecule has 1 aromatic carbocycles. The van der Waals surface area contributed by atoms with Gasteiger partial charge in [-0.25, -0.2) is 14.4 Å². The molecule has 0 saturated carbocycles. The van der Waals surface area contributed by atoms with E-state index in [9.17, 15) is 4.39 Å². The summed E-state index contributed by atoms with van der Waals surface area (Å²) in [7, 11) is 0. The molecule has 2 heterocycles. The summed E-state index contributed by atoms with van der Waals surface area (Å²) in [6.45, 7) is 10.6. The minimum absolute atomic E-state index is 0.175. The number of likely N-dealkylation sites (tertiary alicyclic amines) is 1. The van der Waals surface area contributed by atoms with Gasteiger partial charge in [-0.15, -0.1) is 11.3 Å². The number of piperidine rings is 1. The van der Waals surface area contributed by atoms with Crippen LogP contribution in [0.4, 0.5) is 4.39 Å². The minimum atomic E-state index is -0.175. The van der Waals surface area contributed by atoms with Crippen molar-refractivity contribution in [3.8, 4) is 0 Å². The molecule has 152 valence electrons. The highest BCUT2D eigenvalue weighted by Crippen LogP contribution is 2.18. The van der Waals surface area contributed by atoms with Crippen LogP contribution >= 0.6 is 11.3 Å². The van der Waals surface area contributed by atoms with E-state index in [4.69, 9.17) is 4.99 Å². The number of rotatable bonds is 6. The molecular formula is C21H30FN5S. The van der Waals surface area contributed by atoms with Crippen LogP contribution in [0.2, 0.25) is 0 Å². The maximum Gasteiger partial charge on any atom is 0.191 e. The number of aliphatic imine (C=N–C) groups is 1. The summed E-state index contributed by atoms with van der Waals surface area (Å²) in [5, 5.41) is 8.04. The van der Waals surface area contributed by atoms with Crippen LogP contribution in [0.5, 0.6) is 0 Å². The number of halogens is 1. The molecule has 2 N–H and O–H groups in total. The summed E-state index contributed by atoms with van der Waals surface area (Å²) in [5.74, 6) is 0.704. The molecular weight excluding hydrogens is 373 g/mol. The van der Waals surface area contributed by atoms with Gasteiger partial charge in [-0.05, 0) is 51.3 Å². The lowest BCUT2D eigenvalue weighted by molar-refractivity contribution is 0.198. The predicted molar refractivity (Wildman–Crippen MR) is 114 cm³/mol. The Labute approximate surface area is 171 Å². The minimum Gasteiger partial charge on any atom is -0.357 e. The van der Waals surface area contributed by atoms with Crippen molar-refractivity contribution in [1.82, 2.24) is 20.5 Å². The molecule has 0 atom stereocenters. The van der Waals surface area contributed by atoms with Gasteiger partial charge in [-0.2, -0.15) is 0 Å². The van der Waals surface area contributed by atoms with Crippen LogP contribution in [0, 0.1) is 19.7 Å². The number of thiazole rings is 1. The van der Waals surface area contributed by atoms with Crippen LogP contribution in [0.15, 0.2) is 29.3 Å². The molecule has 0 bridgehead atoms. The van der Waals surface area contributed by atoms with Crippen molar-refractivity contribution in [1.29, 1.82) is 0 Å².